The van der Waals surface area contributed by atoms with Gasteiger partial charge in [0.15, 0.2) is 0 Å². The summed E-state index contributed by atoms with van der Waals surface area (Å²) in [6.45, 7) is 3.95. The Morgan fingerprint density at radius 1 is 1.20 bits per heavy atom. The van der Waals surface area contributed by atoms with E-state index in [1.54, 1.807) is 24.3 Å². The number of carbonyl (C=O) groups excluding carboxylic acids is 2. The fourth-order valence-electron chi connectivity index (χ4n) is 3.76. The maximum Gasteiger partial charge on any atom is 0.253 e. The van der Waals surface area contributed by atoms with Crippen LogP contribution in [0.2, 0.25) is 0 Å². The van der Waals surface area contributed by atoms with Crippen LogP contribution >= 0.6 is 0 Å². The third-order valence-corrected chi connectivity index (χ3v) is 5.30. The van der Waals surface area contributed by atoms with Crippen molar-refractivity contribution in [3.05, 3.63) is 59.9 Å². The Morgan fingerprint density at radius 3 is 2.90 bits per heavy atom. The quantitative estimate of drug-likeness (QED) is 0.590. The summed E-state index contributed by atoms with van der Waals surface area (Å²) in [5.41, 5.74) is 3.21. The molecule has 1 saturated heterocycles. The van der Waals surface area contributed by atoms with Gasteiger partial charge in [0.25, 0.3) is 11.8 Å². The lowest BCUT2D eigenvalue weighted by molar-refractivity contribution is -0.124. The number of hydrogen-bond donors (Lipinski definition) is 2. The van der Waals surface area contributed by atoms with Gasteiger partial charge in [0.2, 0.25) is 0 Å². The molecule has 2 heterocycles. The largest absolute Gasteiger partial charge is 0.368 e. The van der Waals surface area contributed by atoms with Crippen molar-refractivity contribution in [2.75, 3.05) is 18.5 Å². The number of anilines is 1. The first-order valence-corrected chi connectivity index (χ1v) is 10.3. The Morgan fingerprint density at radius 2 is 2.07 bits per heavy atom. The summed E-state index contributed by atoms with van der Waals surface area (Å²) in [5, 5.41) is 5.79. The third-order valence-electron chi connectivity index (χ3n) is 5.30. The number of nitrogens with one attached hydrogen (secondary N) is 2. The number of imidazole rings is 1. The van der Waals surface area contributed by atoms with E-state index in [9.17, 15) is 9.59 Å². The molecule has 0 aliphatic carbocycles. The van der Waals surface area contributed by atoms with Crippen LogP contribution < -0.4 is 10.6 Å². The molecule has 7 heteroatoms. The van der Waals surface area contributed by atoms with Crippen molar-refractivity contribution in [1.82, 2.24) is 14.9 Å². The van der Waals surface area contributed by atoms with Crippen molar-refractivity contribution in [2.45, 2.75) is 38.8 Å². The van der Waals surface area contributed by atoms with Crippen molar-refractivity contribution in [1.29, 1.82) is 0 Å². The van der Waals surface area contributed by atoms with Gasteiger partial charge < -0.3 is 19.9 Å². The van der Waals surface area contributed by atoms with Gasteiger partial charge in [-0.2, -0.15) is 0 Å². The molecule has 1 aromatic heterocycles. The van der Waals surface area contributed by atoms with Gasteiger partial charge in [0.1, 0.15) is 11.9 Å². The molecule has 1 unspecified atom stereocenters. The van der Waals surface area contributed by atoms with Gasteiger partial charge in [0, 0.05) is 30.9 Å². The first kappa shape index (κ1) is 20.1. The number of ether oxygens (including phenoxy) is 1. The SMILES string of the molecule is Cc1nc2ccccc2n1CCCNC(=O)c1cccc(NC(=O)C2CCCO2)c1. The first-order valence-electron chi connectivity index (χ1n) is 10.3. The zero-order valence-electron chi connectivity index (χ0n) is 17.1. The third kappa shape index (κ3) is 4.52. The smallest absolute Gasteiger partial charge is 0.253 e. The Hall–Kier alpha value is -3.19. The molecule has 0 bridgehead atoms. The Kier molecular flexibility index (Phi) is 6.09. The second kappa shape index (κ2) is 9.09. The summed E-state index contributed by atoms with van der Waals surface area (Å²) in [6, 6.07) is 15.0. The monoisotopic (exact) mass is 406 g/mol. The lowest BCUT2D eigenvalue weighted by Gasteiger charge is -2.12. The van der Waals surface area contributed by atoms with Crippen molar-refractivity contribution in [3.8, 4) is 0 Å². The van der Waals surface area contributed by atoms with Crippen LogP contribution in [0.4, 0.5) is 5.69 Å². The number of aryl methyl sites for hydroxylation is 2. The average Bonchev–Trinajstić information content (AvgIpc) is 3.39. The highest BCUT2D eigenvalue weighted by molar-refractivity contribution is 5.98. The molecular formula is C23H26N4O3. The number of hydrogen-bond acceptors (Lipinski definition) is 4. The fraction of sp³-hybridized carbons (Fsp3) is 0.348. The fourth-order valence-corrected chi connectivity index (χ4v) is 3.76. The lowest BCUT2D eigenvalue weighted by atomic mass is 10.1. The van der Waals surface area contributed by atoms with E-state index in [0.29, 0.717) is 24.4 Å². The topological polar surface area (TPSA) is 85.3 Å². The summed E-state index contributed by atoms with van der Waals surface area (Å²) in [6.07, 6.45) is 2.03. The van der Waals surface area contributed by atoms with Gasteiger partial charge in [-0.05, 0) is 56.5 Å². The second-order valence-electron chi connectivity index (χ2n) is 7.48. The zero-order valence-corrected chi connectivity index (χ0v) is 17.1. The van der Waals surface area contributed by atoms with Crippen LogP contribution in [-0.2, 0) is 16.1 Å². The normalized spacial score (nSPS) is 16.0. The van der Waals surface area contributed by atoms with Crippen molar-refractivity contribution in [3.63, 3.8) is 0 Å². The number of carbonyl (C=O) groups is 2. The summed E-state index contributed by atoms with van der Waals surface area (Å²) < 4.78 is 7.57. The van der Waals surface area contributed by atoms with Gasteiger partial charge in [-0.25, -0.2) is 4.98 Å². The molecule has 4 rings (SSSR count). The highest BCUT2D eigenvalue weighted by atomic mass is 16.5. The summed E-state index contributed by atoms with van der Waals surface area (Å²) in [5.74, 6) is 0.653. The van der Waals surface area contributed by atoms with Gasteiger partial charge in [-0.1, -0.05) is 18.2 Å². The molecule has 0 saturated carbocycles. The van der Waals surface area contributed by atoms with E-state index in [2.05, 4.69) is 26.3 Å². The molecule has 2 amide bonds. The molecule has 1 aliphatic rings. The molecule has 0 radical (unpaired) electrons. The van der Waals surface area contributed by atoms with Crippen molar-refractivity contribution >= 4 is 28.5 Å². The Labute approximate surface area is 175 Å². The minimum atomic E-state index is -0.398. The van der Waals surface area contributed by atoms with Gasteiger partial charge in [0.05, 0.1) is 11.0 Å². The summed E-state index contributed by atoms with van der Waals surface area (Å²) in [7, 11) is 0. The number of benzene rings is 2. The lowest BCUT2D eigenvalue weighted by Crippen LogP contribution is -2.27. The molecule has 2 N–H and O–H groups in total. The number of aromatic nitrogens is 2. The summed E-state index contributed by atoms with van der Waals surface area (Å²) >= 11 is 0. The zero-order chi connectivity index (χ0) is 20.9. The molecular weight excluding hydrogens is 380 g/mol. The Bertz CT molecular complexity index is 1050. The standard InChI is InChI=1S/C23H26N4O3/c1-16-25-19-9-2-3-10-20(19)27(16)13-6-12-24-22(28)17-7-4-8-18(15-17)26-23(29)21-11-5-14-30-21/h2-4,7-10,15,21H,5-6,11-14H2,1H3,(H,24,28)(H,26,29). The van der Waals surface area contributed by atoms with Gasteiger partial charge in [-0.3, -0.25) is 9.59 Å². The molecule has 7 nitrogen and oxygen atoms in total. The van der Waals surface area contributed by atoms with E-state index in [-0.39, 0.29) is 11.8 Å². The molecule has 30 heavy (non-hydrogen) atoms. The number of fused-ring (bicyclic) bond motifs is 1. The van der Waals surface area contributed by atoms with Gasteiger partial charge in [-0.15, -0.1) is 0 Å². The van der Waals surface area contributed by atoms with E-state index >= 15 is 0 Å². The highest BCUT2D eigenvalue weighted by Crippen LogP contribution is 2.17. The maximum atomic E-state index is 12.5. The van der Waals surface area contributed by atoms with Crippen LogP contribution in [0.5, 0.6) is 0 Å². The van der Waals surface area contributed by atoms with Crippen LogP contribution in [0, 0.1) is 6.92 Å². The summed E-state index contributed by atoms with van der Waals surface area (Å²) in [4.78, 5) is 29.3. The predicted molar refractivity (Wildman–Crippen MR) is 115 cm³/mol. The number of amides is 2. The molecule has 1 aliphatic heterocycles. The van der Waals surface area contributed by atoms with Crippen LogP contribution in [0.3, 0.4) is 0 Å². The molecule has 1 fully saturated rings. The van der Waals surface area contributed by atoms with E-state index < -0.39 is 6.10 Å². The maximum absolute atomic E-state index is 12.5. The highest BCUT2D eigenvalue weighted by Gasteiger charge is 2.23. The van der Waals surface area contributed by atoms with Crippen molar-refractivity contribution in [2.24, 2.45) is 0 Å². The van der Waals surface area contributed by atoms with E-state index in [4.69, 9.17) is 4.74 Å². The minimum Gasteiger partial charge on any atom is -0.368 e. The van der Waals surface area contributed by atoms with Gasteiger partial charge >= 0.3 is 0 Å². The van der Waals surface area contributed by atoms with Crippen LogP contribution in [0.1, 0.15) is 35.4 Å². The van der Waals surface area contributed by atoms with E-state index in [1.165, 1.54) is 0 Å². The number of para-hydroxylation sites is 2. The van der Waals surface area contributed by atoms with Crippen LogP contribution in [0.15, 0.2) is 48.5 Å². The Balaban J connectivity index is 1.29. The molecule has 156 valence electrons. The second-order valence-corrected chi connectivity index (χ2v) is 7.48. The number of nitrogens with zero attached hydrogens (tertiary/aromatic N) is 2. The molecule has 0 spiro atoms. The number of rotatable bonds is 7. The van der Waals surface area contributed by atoms with Crippen LogP contribution in [-0.4, -0.2) is 40.6 Å². The van der Waals surface area contributed by atoms with Crippen molar-refractivity contribution < 1.29 is 14.3 Å². The van der Waals surface area contributed by atoms with E-state index in [0.717, 1.165) is 42.7 Å². The molecule has 3 aromatic rings. The van der Waals surface area contributed by atoms with E-state index in [1.807, 2.05) is 25.1 Å². The van der Waals surface area contributed by atoms with Crippen LogP contribution in [0.25, 0.3) is 11.0 Å². The first-order chi connectivity index (χ1) is 14.6. The molecule has 1 atom stereocenters. The average molecular weight is 406 g/mol. The minimum absolute atomic E-state index is 0.157. The molecule has 2 aromatic carbocycles. The predicted octanol–water partition coefficient (Wildman–Crippen LogP) is 3.28.